The highest BCUT2D eigenvalue weighted by molar-refractivity contribution is 7.22. The molecule has 0 amide bonds. The Morgan fingerprint density at radius 1 is 0.882 bits per heavy atom. The van der Waals surface area contributed by atoms with Gasteiger partial charge in [-0.25, -0.2) is 0 Å². The van der Waals surface area contributed by atoms with E-state index in [1.807, 2.05) is 0 Å². The molecule has 0 aliphatic carbocycles. The Kier molecular flexibility index (Phi) is 11.4. The van der Waals surface area contributed by atoms with Gasteiger partial charge in [0, 0.05) is 0 Å². The fourth-order valence-electron chi connectivity index (χ4n) is 2.30. The van der Waals surface area contributed by atoms with Crippen LogP contribution in [-0.2, 0) is 0 Å². The Morgan fingerprint density at radius 3 is 1.94 bits per heavy atom. The van der Waals surface area contributed by atoms with E-state index in [2.05, 4.69) is 36.9 Å². The van der Waals surface area contributed by atoms with Crippen molar-refractivity contribution >= 4 is 9.24 Å². The lowest BCUT2D eigenvalue weighted by molar-refractivity contribution is 0.541. The maximum absolute atomic E-state index is 3.03. The van der Waals surface area contributed by atoms with Crippen LogP contribution in [0, 0.1) is 5.92 Å². The smallest absolute Gasteiger partial charge is 0.0226 e. The summed E-state index contributed by atoms with van der Waals surface area (Å²) < 4.78 is 0. The van der Waals surface area contributed by atoms with Crippen LogP contribution in [0.5, 0.6) is 0 Å². The largest absolute Gasteiger partial charge is 0.110 e. The van der Waals surface area contributed by atoms with Gasteiger partial charge in [0.05, 0.1) is 0 Å². The molecule has 1 heteroatoms. The van der Waals surface area contributed by atoms with Crippen LogP contribution in [0.4, 0.5) is 0 Å². The molecule has 0 saturated carbocycles. The van der Waals surface area contributed by atoms with Crippen LogP contribution in [0.15, 0.2) is 10.9 Å². The van der Waals surface area contributed by atoms with Crippen LogP contribution in [0.1, 0.15) is 85.5 Å². The standard InChI is InChI=1S/C16H33P/c1-5-8-11-14(4)15(12-9-6-2)16(17)13-10-7-3/h14H,5-13,17H2,1-4H3. The maximum Gasteiger partial charge on any atom is -0.0226 e. The van der Waals surface area contributed by atoms with Gasteiger partial charge >= 0.3 is 0 Å². The summed E-state index contributed by atoms with van der Waals surface area (Å²) in [6, 6.07) is 0. The van der Waals surface area contributed by atoms with Crippen molar-refractivity contribution in [3.05, 3.63) is 10.9 Å². The summed E-state index contributed by atoms with van der Waals surface area (Å²) in [5.74, 6) is 0.797. The minimum absolute atomic E-state index is 0.797. The molecule has 102 valence electrons. The molecule has 0 radical (unpaired) electrons. The molecule has 0 bridgehead atoms. The van der Waals surface area contributed by atoms with Crippen molar-refractivity contribution in [2.45, 2.75) is 85.5 Å². The summed E-state index contributed by atoms with van der Waals surface area (Å²) in [5, 5.41) is 1.61. The second kappa shape index (κ2) is 11.3. The van der Waals surface area contributed by atoms with E-state index in [0.717, 1.165) is 5.92 Å². The van der Waals surface area contributed by atoms with Gasteiger partial charge in [-0.2, -0.15) is 0 Å². The van der Waals surface area contributed by atoms with Crippen LogP contribution >= 0.6 is 9.24 Å². The van der Waals surface area contributed by atoms with E-state index in [1.165, 1.54) is 57.8 Å². The minimum atomic E-state index is 0.797. The van der Waals surface area contributed by atoms with E-state index in [1.54, 1.807) is 10.9 Å². The third kappa shape index (κ3) is 7.98. The molecule has 0 aliphatic rings. The molecule has 2 unspecified atom stereocenters. The first-order valence-corrected chi connectivity index (χ1v) is 8.22. The molecule has 0 fully saturated rings. The fourth-order valence-corrected chi connectivity index (χ4v) is 2.94. The van der Waals surface area contributed by atoms with Gasteiger partial charge in [-0.05, 0) is 38.0 Å². The molecular weight excluding hydrogens is 223 g/mol. The molecule has 0 aromatic heterocycles. The van der Waals surface area contributed by atoms with Gasteiger partial charge in [0.2, 0.25) is 0 Å². The Labute approximate surface area is 112 Å². The highest BCUT2D eigenvalue weighted by Crippen LogP contribution is 2.31. The Bertz CT molecular complexity index is 206. The molecule has 0 N–H and O–H groups in total. The van der Waals surface area contributed by atoms with Gasteiger partial charge in [-0.15, -0.1) is 9.24 Å². The second-order valence-corrected chi connectivity index (χ2v) is 6.00. The van der Waals surface area contributed by atoms with Crippen molar-refractivity contribution in [2.75, 3.05) is 0 Å². The molecule has 0 rings (SSSR count). The predicted octanol–water partition coefficient (Wildman–Crippen LogP) is 6.32. The predicted molar refractivity (Wildman–Crippen MR) is 84.5 cm³/mol. The molecule has 0 heterocycles. The van der Waals surface area contributed by atoms with Crippen molar-refractivity contribution in [1.82, 2.24) is 0 Å². The van der Waals surface area contributed by atoms with E-state index >= 15 is 0 Å². The zero-order valence-corrected chi connectivity index (χ0v) is 13.7. The van der Waals surface area contributed by atoms with Crippen LogP contribution in [0.2, 0.25) is 0 Å². The normalized spacial score (nSPS) is 14.6. The summed E-state index contributed by atoms with van der Waals surface area (Å²) in [7, 11) is 3.03. The molecule has 0 spiro atoms. The average Bonchev–Trinajstić information content (AvgIpc) is 2.34. The van der Waals surface area contributed by atoms with Gasteiger partial charge < -0.3 is 0 Å². The highest BCUT2D eigenvalue weighted by Gasteiger charge is 2.11. The van der Waals surface area contributed by atoms with Gasteiger partial charge in [0.15, 0.2) is 0 Å². The summed E-state index contributed by atoms with van der Waals surface area (Å²) >= 11 is 0. The van der Waals surface area contributed by atoms with Gasteiger partial charge in [-0.1, -0.05) is 64.3 Å². The minimum Gasteiger partial charge on any atom is -0.110 e. The fraction of sp³-hybridized carbons (Fsp3) is 0.875. The van der Waals surface area contributed by atoms with E-state index in [9.17, 15) is 0 Å². The van der Waals surface area contributed by atoms with E-state index in [0.29, 0.717) is 0 Å². The zero-order chi connectivity index (χ0) is 13.1. The summed E-state index contributed by atoms with van der Waals surface area (Å²) in [5.41, 5.74) is 1.75. The van der Waals surface area contributed by atoms with Crippen LogP contribution in [0.25, 0.3) is 0 Å². The van der Waals surface area contributed by atoms with Crippen molar-refractivity contribution < 1.29 is 0 Å². The maximum atomic E-state index is 3.03. The summed E-state index contributed by atoms with van der Waals surface area (Å²) in [6.45, 7) is 9.30. The first kappa shape index (κ1) is 17.2. The molecule has 0 aromatic rings. The topological polar surface area (TPSA) is 0 Å². The quantitative estimate of drug-likeness (QED) is 0.401. The van der Waals surface area contributed by atoms with E-state index in [-0.39, 0.29) is 0 Å². The Hall–Kier alpha value is 0.170. The van der Waals surface area contributed by atoms with Gasteiger partial charge in [0.25, 0.3) is 0 Å². The number of hydrogen-bond donors (Lipinski definition) is 0. The van der Waals surface area contributed by atoms with Crippen molar-refractivity contribution in [3.8, 4) is 0 Å². The lowest BCUT2D eigenvalue weighted by Gasteiger charge is -2.19. The average molecular weight is 256 g/mol. The third-order valence-corrected chi connectivity index (χ3v) is 4.26. The molecule has 0 saturated heterocycles. The highest BCUT2D eigenvalue weighted by atomic mass is 31.0. The Morgan fingerprint density at radius 2 is 1.41 bits per heavy atom. The second-order valence-electron chi connectivity index (χ2n) is 5.30. The van der Waals surface area contributed by atoms with E-state index < -0.39 is 0 Å². The van der Waals surface area contributed by atoms with Gasteiger partial charge in [0.1, 0.15) is 0 Å². The molecule has 2 atom stereocenters. The lowest BCUT2D eigenvalue weighted by Crippen LogP contribution is -2.02. The zero-order valence-electron chi connectivity index (χ0n) is 12.5. The summed E-state index contributed by atoms with van der Waals surface area (Å²) in [4.78, 5) is 0. The lowest BCUT2D eigenvalue weighted by atomic mass is 9.90. The number of hydrogen-bond acceptors (Lipinski definition) is 0. The first-order valence-electron chi connectivity index (χ1n) is 7.64. The number of allylic oxidation sites excluding steroid dienone is 2. The van der Waals surface area contributed by atoms with Crippen LogP contribution in [0.3, 0.4) is 0 Å². The van der Waals surface area contributed by atoms with Crippen molar-refractivity contribution in [3.63, 3.8) is 0 Å². The number of rotatable bonds is 10. The van der Waals surface area contributed by atoms with Crippen molar-refractivity contribution in [2.24, 2.45) is 5.92 Å². The third-order valence-electron chi connectivity index (χ3n) is 3.60. The molecule has 0 nitrogen and oxygen atoms in total. The van der Waals surface area contributed by atoms with E-state index in [4.69, 9.17) is 0 Å². The van der Waals surface area contributed by atoms with Crippen molar-refractivity contribution in [1.29, 1.82) is 0 Å². The SMILES string of the molecule is CCCCC(P)=C(CCCC)C(C)CCCC. The molecule has 17 heavy (non-hydrogen) atoms. The molecule has 0 aromatic carbocycles. The first-order chi connectivity index (χ1) is 8.17. The molecule has 0 aliphatic heterocycles. The van der Waals surface area contributed by atoms with Crippen LogP contribution < -0.4 is 0 Å². The summed E-state index contributed by atoms with van der Waals surface area (Å²) in [6.07, 6.45) is 12.0. The molecular formula is C16H33P. The Balaban J connectivity index is 4.47. The van der Waals surface area contributed by atoms with Gasteiger partial charge in [-0.3, -0.25) is 0 Å². The van der Waals surface area contributed by atoms with Crippen LogP contribution in [-0.4, -0.2) is 0 Å². The number of unbranched alkanes of at least 4 members (excludes halogenated alkanes) is 3. The monoisotopic (exact) mass is 256 g/mol.